The monoisotopic (exact) mass is 438 g/mol. The molecule has 4 aliphatic carbocycles. The molecule has 3 fully saturated rings. The van der Waals surface area contributed by atoms with Crippen LogP contribution < -0.4 is 4.74 Å². The summed E-state index contributed by atoms with van der Waals surface area (Å²) in [7, 11) is 0. The zero-order valence-corrected chi connectivity index (χ0v) is 19.7. The van der Waals surface area contributed by atoms with Crippen LogP contribution in [0.3, 0.4) is 0 Å². The third kappa shape index (κ3) is 4.10. The molecule has 0 aromatic heterocycles. The quantitative estimate of drug-likeness (QED) is 0.397. The van der Waals surface area contributed by atoms with Crippen molar-refractivity contribution in [3.05, 3.63) is 29.3 Å². The van der Waals surface area contributed by atoms with Gasteiger partial charge in [0.25, 0.3) is 0 Å². The molecule has 4 nitrogen and oxygen atoms in total. The number of benzene rings is 1. The molecule has 0 aliphatic heterocycles. The first-order valence-corrected chi connectivity index (χ1v) is 12.9. The highest BCUT2D eigenvalue weighted by Gasteiger charge is 2.56. The first-order chi connectivity index (χ1) is 15.4. The van der Waals surface area contributed by atoms with Crippen molar-refractivity contribution in [2.75, 3.05) is 0 Å². The number of hydrogen-bond donors (Lipinski definition) is 0. The molecular weight excluding hydrogens is 400 g/mol. The molecule has 0 radical (unpaired) electrons. The normalized spacial score (nSPS) is 33.8. The molecule has 4 heteroatoms. The molecule has 1 aromatic rings. The van der Waals surface area contributed by atoms with Gasteiger partial charge in [0.05, 0.1) is 0 Å². The molecule has 0 spiro atoms. The lowest BCUT2D eigenvalue weighted by Crippen LogP contribution is -2.45. The smallest absolute Gasteiger partial charge is 0.311 e. The summed E-state index contributed by atoms with van der Waals surface area (Å²) in [5, 5.41) is 0. The van der Waals surface area contributed by atoms with E-state index in [0.29, 0.717) is 24.2 Å². The van der Waals surface area contributed by atoms with Crippen molar-refractivity contribution in [1.82, 2.24) is 0 Å². The Bertz CT molecular complexity index is 870. The Labute approximate surface area is 192 Å². The summed E-state index contributed by atoms with van der Waals surface area (Å²) in [5.74, 6) is 3.10. The Morgan fingerprint density at radius 2 is 1.88 bits per heavy atom. The van der Waals surface area contributed by atoms with E-state index in [1.165, 1.54) is 56.6 Å². The number of carbonyl (C=O) groups excluding carboxylic acids is 2. The van der Waals surface area contributed by atoms with Gasteiger partial charge in [-0.15, -0.1) is 0 Å². The molecule has 5 atom stereocenters. The molecule has 1 aromatic carbocycles. The standard InChI is InChI=1S/C28H38O4/c1-18(29)31-26-13-12-25-24-10-8-20-17-21(32-27(30)14-7-19-5-3-4-6-19)9-11-22(20)23(24)15-16-28(25,26)2/h9,11,17,19,23-26H,3-8,10,12-16H2,1-2H3/t23-,24-,25+,26+,28+/m1/s1. The minimum atomic E-state index is -0.140. The summed E-state index contributed by atoms with van der Waals surface area (Å²) >= 11 is 0. The van der Waals surface area contributed by atoms with Gasteiger partial charge >= 0.3 is 11.9 Å². The van der Waals surface area contributed by atoms with E-state index in [1.54, 1.807) is 0 Å². The predicted octanol–water partition coefficient (Wildman–Crippen LogP) is 6.35. The third-order valence-corrected chi connectivity index (χ3v) is 9.38. The zero-order chi connectivity index (χ0) is 22.3. The third-order valence-electron chi connectivity index (χ3n) is 9.38. The van der Waals surface area contributed by atoms with Crippen LogP contribution in [0, 0.1) is 23.2 Å². The molecule has 0 heterocycles. The van der Waals surface area contributed by atoms with Gasteiger partial charge in [0, 0.05) is 18.8 Å². The van der Waals surface area contributed by atoms with Crippen LogP contribution in [0.5, 0.6) is 5.75 Å². The number of rotatable bonds is 5. The zero-order valence-electron chi connectivity index (χ0n) is 19.7. The van der Waals surface area contributed by atoms with Crippen molar-refractivity contribution in [2.45, 2.75) is 103 Å². The molecule has 32 heavy (non-hydrogen) atoms. The Hall–Kier alpha value is -1.84. The Morgan fingerprint density at radius 1 is 1.06 bits per heavy atom. The van der Waals surface area contributed by atoms with Crippen LogP contribution in [0.1, 0.15) is 102 Å². The van der Waals surface area contributed by atoms with Crippen LogP contribution in [-0.4, -0.2) is 18.0 Å². The van der Waals surface area contributed by atoms with Gasteiger partial charge in [-0.3, -0.25) is 9.59 Å². The fraction of sp³-hybridized carbons (Fsp3) is 0.714. The fourth-order valence-corrected chi connectivity index (χ4v) is 7.77. The molecule has 0 amide bonds. The van der Waals surface area contributed by atoms with Gasteiger partial charge in [-0.25, -0.2) is 0 Å². The van der Waals surface area contributed by atoms with Gasteiger partial charge in [-0.05, 0) is 91.9 Å². The van der Waals surface area contributed by atoms with E-state index in [-0.39, 0.29) is 23.5 Å². The second kappa shape index (κ2) is 8.83. The highest BCUT2D eigenvalue weighted by molar-refractivity contribution is 5.72. The van der Waals surface area contributed by atoms with E-state index >= 15 is 0 Å². The van der Waals surface area contributed by atoms with E-state index in [4.69, 9.17) is 9.47 Å². The highest BCUT2D eigenvalue weighted by Crippen LogP contribution is 2.61. The van der Waals surface area contributed by atoms with Crippen molar-refractivity contribution in [3.8, 4) is 5.75 Å². The topological polar surface area (TPSA) is 52.6 Å². The van der Waals surface area contributed by atoms with Gasteiger partial charge in [0.15, 0.2) is 0 Å². The summed E-state index contributed by atoms with van der Waals surface area (Å²) in [6, 6.07) is 6.37. The summed E-state index contributed by atoms with van der Waals surface area (Å²) < 4.78 is 11.5. The lowest BCUT2D eigenvalue weighted by molar-refractivity contribution is -0.154. The predicted molar refractivity (Wildman–Crippen MR) is 123 cm³/mol. The second-order valence-corrected chi connectivity index (χ2v) is 11.2. The first kappa shape index (κ1) is 22.0. The number of carbonyl (C=O) groups is 2. The van der Waals surface area contributed by atoms with Crippen LogP contribution in [0.15, 0.2) is 18.2 Å². The van der Waals surface area contributed by atoms with Crippen LogP contribution in [0.2, 0.25) is 0 Å². The molecule has 4 aliphatic rings. The number of hydrogen-bond acceptors (Lipinski definition) is 4. The van der Waals surface area contributed by atoms with Crippen LogP contribution in [-0.2, 0) is 20.7 Å². The average Bonchev–Trinajstić information content (AvgIpc) is 3.40. The Balaban J connectivity index is 1.24. The van der Waals surface area contributed by atoms with Gasteiger partial charge in [0.1, 0.15) is 11.9 Å². The lowest BCUT2D eigenvalue weighted by atomic mass is 9.55. The van der Waals surface area contributed by atoms with Crippen molar-refractivity contribution in [2.24, 2.45) is 23.2 Å². The Kier molecular flexibility index (Phi) is 6.07. The summed E-state index contributed by atoms with van der Waals surface area (Å²) in [6.07, 6.45) is 13.5. The van der Waals surface area contributed by atoms with Crippen LogP contribution in [0.4, 0.5) is 0 Å². The van der Waals surface area contributed by atoms with Gasteiger partial charge in [0.2, 0.25) is 0 Å². The second-order valence-electron chi connectivity index (χ2n) is 11.2. The van der Waals surface area contributed by atoms with Crippen molar-refractivity contribution in [1.29, 1.82) is 0 Å². The molecule has 5 rings (SSSR count). The Morgan fingerprint density at radius 3 is 2.66 bits per heavy atom. The molecular formula is C28H38O4. The van der Waals surface area contributed by atoms with E-state index in [0.717, 1.165) is 43.8 Å². The SMILES string of the molecule is CC(=O)O[C@H]1CC[C@H]2[C@@H]3CCc4cc(OC(=O)CCC5CCCC5)ccc4[C@H]3CC[C@]12C. The maximum Gasteiger partial charge on any atom is 0.311 e. The first-order valence-electron chi connectivity index (χ1n) is 12.9. The maximum atomic E-state index is 12.4. The fourth-order valence-electron chi connectivity index (χ4n) is 7.77. The molecule has 3 saturated carbocycles. The minimum Gasteiger partial charge on any atom is -0.462 e. The van der Waals surface area contributed by atoms with E-state index in [1.807, 2.05) is 6.07 Å². The largest absolute Gasteiger partial charge is 0.462 e. The van der Waals surface area contributed by atoms with Crippen LogP contribution >= 0.6 is 0 Å². The van der Waals surface area contributed by atoms with Crippen molar-refractivity contribution >= 4 is 11.9 Å². The number of esters is 2. The van der Waals surface area contributed by atoms with Gasteiger partial charge in [-0.2, -0.15) is 0 Å². The van der Waals surface area contributed by atoms with Crippen molar-refractivity contribution < 1.29 is 19.1 Å². The molecule has 174 valence electrons. The van der Waals surface area contributed by atoms with Gasteiger partial charge in [-0.1, -0.05) is 38.7 Å². The summed E-state index contributed by atoms with van der Waals surface area (Å²) in [6.45, 7) is 3.90. The molecule has 0 saturated heterocycles. The molecule has 0 N–H and O–H groups in total. The highest BCUT2D eigenvalue weighted by atomic mass is 16.5. The number of ether oxygens (including phenoxy) is 2. The van der Waals surface area contributed by atoms with Crippen molar-refractivity contribution in [3.63, 3.8) is 0 Å². The lowest BCUT2D eigenvalue weighted by Gasteiger charge is -2.50. The number of aryl methyl sites for hydroxylation is 1. The van der Waals surface area contributed by atoms with Crippen LogP contribution in [0.25, 0.3) is 0 Å². The summed E-state index contributed by atoms with van der Waals surface area (Å²) in [5.41, 5.74) is 2.95. The minimum absolute atomic E-state index is 0.0818. The molecule has 0 unspecified atom stereocenters. The molecule has 0 bridgehead atoms. The maximum absolute atomic E-state index is 12.4. The summed E-state index contributed by atoms with van der Waals surface area (Å²) in [4.78, 5) is 24.0. The van der Waals surface area contributed by atoms with E-state index in [9.17, 15) is 9.59 Å². The van der Waals surface area contributed by atoms with E-state index in [2.05, 4.69) is 19.1 Å². The van der Waals surface area contributed by atoms with E-state index < -0.39 is 0 Å². The van der Waals surface area contributed by atoms with Gasteiger partial charge < -0.3 is 9.47 Å². The number of fused-ring (bicyclic) bond motifs is 5. The average molecular weight is 439 g/mol.